The molecule has 0 aromatic carbocycles. The van der Waals surface area contributed by atoms with Crippen molar-refractivity contribution in [2.24, 2.45) is 5.73 Å². The number of hydrogen-bond acceptors (Lipinski definition) is 3. The van der Waals surface area contributed by atoms with Gasteiger partial charge in [0.25, 0.3) is 0 Å². The second-order valence-electron chi connectivity index (χ2n) is 4.09. The van der Waals surface area contributed by atoms with Crippen LogP contribution >= 0.6 is 0 Å². The van der Waals surface area contributed by atoms with Crippen LogP contribution in [0.4, 0.5) is 0 Å². The van der Waals surface area contributed by atoms with Crippen LogP contribution in [0.1, 0.15) is 31.7 Å². The molecule has 1 atom stereocenters. The summed E-state index contributed by atoms with van der Waals surface area (Å²) in [4.78, 5) is 11.1. The molecule has 1 rings (SSSR count). The molecule has 1 amide bonds. The molecular formula is C12H22N4O. The molecule has 1 aromatic heterocycles. The molecule has 0 radical (unpaired) electrons. The summed E-state index contributed by atoms with van der Waals surface area (Å²) in [5, 5.41) is 7.42. The lowest BCUT2D eigenvalue weighted by Gasteiger charge is -2.13. The lowest BCUT2D eigenvalue weighted by atomic mass is 10.2. The number of carbonyl (C=O) groups is 1. The first-order valence-electron chi connectivity index (χ1n) is 6.14. The SMILES string of the molecule is CCc1cc(CC)n(CCC(NC)C(N)=O)n1. The largest absolute Gasteiger partial charge is 0.368 e. The second kappa shape index (κ2) is 6.39. The van der Waals surface area contributed by atoms with Gasteiger partial charge >= 0.3 is 0 Å². The third kappa shape index (κ3) is 3.56. The Hall–Kier alpha value is -1.36. The number of amides is 1. The number of aryl methyl sites for hydroxylation is 3. The number of hydrogen-bond donors (Lipinski definition) is 2. The number of likely N-dealkylation sites (N-methyl/N-ethyl adjacent to an activating group) is 1. The maximum absolute atomic E-state index is 11.1. The molecule has 5 heteroatoms. The van der Waals surface area contributed by atoms with Crippen molar-refractivity contribution in [2.45, 2.75) is 45.7 Å². The van der Waals surface area contributed by atoms with E-state index in [1.165, 1.54) is 5.69 Å². The number of carbonyl (C=O) groups excluding carboxylic acids is 1. The zero-order chi connectivity index (χ0) is 12.8. The summed E-state index contributed by atoms with van der Waals surface area (Å²) in [6, 6.07) is 1.84. The Balaban J connectivity index is 2.67. The van der Waals surface area contributed by atoms with Gasteiger partial charge in [-0.2, -0.15) is 5.10 Å². The van der Waals surface area contributed by atoms with Crippen molar-refractivity contribution in [3.8, 4) is 0 Å². The van der Waals surface area contributed by atoms with Crippen LogP contribution in [-0.2, 0) is 24.2 Å². The van der Waals surface area contributed by atoms with Gasteiger partial charge in [0, 0.05) is 12.2 Å². The third-order valence-electron chi connectivity index (χ3n) is 2.96. The summed E-state index contributed by atoms with van der Waals surface area (Å²) in [5.74, 6) is -0.312. The molecule has 0 fully saturated rings. The van der Waals surface area contributed by atoms with Gasteiger partial charge in [-0.05, 0) is 32.4 Å². The van der Waals surface area contributed by atoms with Gasteiger partial charge in [0.2, 0.25) is 5.91 Å². The fourth-order valence-corrected chi connectivity index (χ4v) is 1.85. The Morgan fingerprint density at radius 1 is 1.53 bits per heavy atom. The summed E-state index contributed by atoms with van der Waals surface area (Å²) in [5.41, 5.74) is 7.59. The second-order valence-corrected chi connectivity index (χ2v) is 4.09. The number of nitrogens with one attached hydrogen (secondary N) is 1. The molecule has 0 spiro atoms. The molecule has 0 saturated heterocycles. The van der Waals surface area contributed by atoms with Gasteiger partial charge in [-0.15, -0.1) is 0 Å². The van der Waals surface area contributed by atoms with Crippen LogP contribution < -0.4 is 11.1 Å². The topological polar surface area (TPSA) is 72.9 Å². The van der Waals surface area contributed by atoms with Gasteiger partial charge in [-0.25, -0.2) is 0 Å². The molecule has 1 heterocycles. The fourth-order valence-electron chi connectivity index (χ4n) is 1.85. The highest BCUT2D eigenvalue weighted by Gasteiger charge is 2.13. The summed E-state index contributed by atoms with van der Waals surface area (Å²) in [7, 11) is 1.75. The van der Waals surface area contributed by atoms with E-state index >= 15 is 0 Å². The quantitative estimate of drug-likeness (QED) is 0.725. The maximum atomic E-state index is 11.1. The molecule has 0 aliphatic heterocycles. The number of primary amides is 1. The highest BCUT2D eigenvalue weighted by Crippen LogP contribution is 2.08. The van der Waals surface area contributed by atoms with Crippen molar-refractivity contribution in [2.75, 3.05) is 7.05 Å². The minimum atomic E-state index is -0.312. The van der Waals surface area contributed by atoms with Crippen molar-refractivity contribution < 1.29 is 4.79 Å². The van der Waals surface area contributed by atoms with E-state index in [-0.39, 0.29) is 11.9 Å². The van der Waals surface area contributed by atoms with Crippen molar-refractivity contribution >= 4 is 5.91 Å². The molecule has 0 bridgehead atoms. The molecule has 0 aliphatic rings. The average molecular weight is 238 g/mol. The molecule has 0 aliphatic carbocycles. The summed E-state index contributed by atoms with van der Waals surface area (Å²) >= 11 is 0. The molecular weight excluding hydrogens is 216 g/mol. The number of nitrogens with two attached hydrogens (primary N) is 1. The normalized spacial score (nSPS) is 12.6. The van der Waals surface area contributed by atoms with Crippen LogP contribution in [0.2, 0.25) is 0 Å². The fraction of sp³-hybridized carbons (Fsp3) is 0.667. The van der Waals surface area contributed by atoms with Crippen LogP contribution in [0.15, 0.2) is 6.07 Å². The lowest BCUT2D eigenvalue weighted by Crippen LogP contribution is -2.39. The van der Waals surface area contributed by atoms with E-state index < -0.39 is 0 Å². The van der Waals surface area contributed by atoms with Gasteiger partial charge in [0.1, 0.15) is 0 Å². The summed E-state index contributed by atoms with van der Waals surface area (Å²) in [6.07, 6.45) is 2.56. The number of aromatic nitrogens is 2. The summed E-state index contributed by atoms with van der Waals surface area (Å²) in [6.45, 7) is 4.92. The first-order valence-corrected chi connectivity index (χ1v) is 6.14. The molecule has 1 unspecified atom stereocenters. The van der Waals surface area contributed by atoms with Crippen molar-refractivity contribution in [3.05, 3.63) is 17.5 Å². The Morgan fingerprint density at radius 3 is 2.71 bits per heavy atom. The van der Waals surface area contributed by atoms with Gasteiger partial charge in [0.05, 0.1) is 11.7 Å². The van der Waals surface area contributed by atoms with E-state index in [2.05, 4.69) is 30.3 Å². The van der Waals surface area contributed by atoms with E-state index in [9.17, 15) is 4.79 Å². The Kier molecular flexibility index (Phi) is 5.15. The van der Waals surface area contributed by atoms with Crippen LogP contribution in [0.25, 0.3) is 0 Å². The smallest absolute Gasteiger partial charge is 0.234 e. The van der Waals surface area contributed by atoms with E-state index in [4.69, 9.17) is 5.73 Å². The van der Waals surface area contributed by atoms with Crippen molar-refractivity contribution in [1.29, 1.82) is 0 Å². The molecule has 0 saturated carbocycles. The van der Waals surface area contributed by atoms with E-state index in [0.717, 1.165) is 25.1 Å². The Labute approximate surface area is 102 Å². The molecule has 17 heavy (non-hydrogen) atoms. The molecule has 96 valence electrons. The third-order valence-corrected chi connectivity index (χ3v) is 2.96. The number of rotatable bonds is 7. The van der Waals surface area contributed by atoms with Gasteiger partial charge in [-0.1, -0.05) is 13.8 Å². The summed E-state index contributed by atoms with van der Waals surface area (Å²) < 4.78 is 1.98. The predicted octanol–water partition coefficient (Wildman–Crippen LogP) is 0.471. The standard InChI is InChI=1S/C12H22N4O/c1-4-9-8-10(5-2)16(15-9)7-6-11(14-3)12(13)17/h8,11,14H,4-7H2,1-3H3,(H2,13,17). The maximum Gasteiger partial charge on any atom is 0.234 e. The van der Waals surface area contributed by atoms with Crippen LogP contribution in [0, 0.1) is 0 Å². The minimum absolute atomic E-state index is 0.283. The molecule has 3 N–H and O–H groups in total. The van der Waals surface area contributed by atoms with Gasteiger partial charge < -0.3 is 11.1 Å². The van der Waals surface area contributed by atoms with Crippen molar-refractivity contribution in [1.82, 2.24) is 15.1 Å². The van der Waals surface area contributed by atoms with Gasteiger partial charge in [-0.3, -0.25) is 9.48 Å². The molecule has 5 nitrogen and oxygen atoms in total. The zero-order valence-corrected chi connectivity index (χ0v) is 10.9. The minimum Gasteiger partial charge on any atom is -0.368 e. The molecule has 1 aromatic rings. The Bertz CT molecular complexity index is 373. The van der Waals surface area contributed by atoms with E-state index in [1.54, 1.807) is 7.05 Å². The number of nitrogens with zero attached hydrogens (tertiary/aromatic N) is 2. The van der Waals surface area contributed by atoms with Crippen LogP contribution in [-0.4, -0.2) is 28.8 Å². The highest BCUT2D eigenvalue weighted by molar-refractivity contribution is 5.79. The van der Waals surface area contributed by atoms with Crippen LogP contribution in [0.3, 0.4) is 0 Å². The van der Waals surface area contributed by atoms with E-state index in [1.807, 2.05) is 4.68 Å². The lowest BCUT2D eigenvalue weighted by molar-refractivity contribution is -0.120. The van der Waals surface area contributed by atoms with E-state index in [0.29, 0.717) is 6.42 Å². The zero-order valence-electron chi connectivity index (χ0n) is 10.9. The monoisotopic (exact) mass is 238 g/mol. The van der Waals surface area contributed by atoms with Gasteiger partial charge in [0.15, 0.2) is 0 Å². The Morgan fingerprint density at radius 2 is 2.24 bits per heavy atom. The first-order chi connectivity index (χ1) is 8.12. The predicted molar refractivity (Wildman–Crippen MR) is 67.6 cm³/mol. The average Bonchev–Trinajstić information content (AvgIpc) is 2.72. The highest BCUT2D eigenvalue weighted by atomic mass is 16.1. The first kappa shape index (κ1) is 13.7. The van der Waals surface area contributed by atoms with Crippen LogP contribution in [0.5, 0.6) is 0 Å². The van der Waals surface area contributed by atoms with Crippen molar-refractivity contribution in [3.63, 3.8) is 0 Å².